The number of H-pyrrole nitrogens is 1. The normalized spacial score (nSPS) is 17.8. The zero-order valence-electron chi connectivity index (χ0n) is 19.5. The average molecular weight is 467 g/mol. The minimum Gasteiger partial charge on any atom is -0.458 e. The molecule has 0 spiro atoms. The summed E-state index contributed by atoms with van der Waals surface area (Å²) < 4.78 is 5.94. The molecule has 2 aromatic heterocycles. The van der Waals surface area contributed by atoms with E-state index in [0.717, 1.165) is 36.7 Å². The molecule has 0 saturated heterocycles. The lowest BCUT2D eigenvalue weighted by Gasteiger charge is -2.37. The number of benzene rings is 2. The molecule has 2 N–H and O–H groups in total. The van der Waals surface area contributed by atoms with Crippen molar-refractivity contribution in [1.29, 1.82) is 5.26 Å². The molecule has 176 valence electrons. The molecule has 1 amide bonds. The quantitative estimate of drug-likeness (QED) is 0.376. The minimum atomic E-state index is -0.122. The molecule has 8 heteroatoms. The number of amides is 1. The van der Waals surface area contributed by atoms with Crippen LogP contribution in [0.3, 0.4) is 0 Å². The van der Waals surface area contributed by atoms with Crippen LogP contribution in [0.1, 0.15) is 54.5 Å². The number of furan rings is 1. The second kappa shape index (κ2) is 9.61. The third-order valence-corrected chi connectivity index (χ3v) is 6.82. The standard InChI is InChI=1S/C27H26N6O2/c1-3-33(27(34)26-31-22-12-11-17(29-2)14-23(22)32-26)19-8-6-7-18(13-19)30-16-25-21(15-28)20-9-4-5-10-24(20)35-25/h4-5,9-12,14,18-19,30H,3,6-8,13,16H2,1H3,(H,31,32)/t18-,19+/m1/s1. The van der Waals surface area contributed by atoms with E-state index in [4.69, 9.17) is 11.0 Å². The Morgan fingerprint density at radius 2 is 2.20 bits per heavy atom. The maximum absolute atomic E-state index is 13.4. The molecule has 2 atom stereocenters. The molecule has 1 aliphatic rings. The van der Waals surface area contributed by atoms with Crippen LogP contribution in [-0.2, 0) is 6.54 Å². The van der Waals surface area contributed by atoms with Crippen molar-refractivity contribution in [2.75, 3.05) is 6.54 Å². The Kier molecular flexibility index (Phi) is 6.22. The molecule has 1 aliphatic carbocycles. The van der Waals surface area contributed by atoms with Gasteiger partial charge in [0.25, 0.3) is 5.91 Å². The van der Waals surface area contributed by atoms with Crippen LogP contribution in [-0.4, -0.2) is 39.4 Å². The van der Waals surface area contributed by atoms with Crippen LogP contribution in [0.4, 0.5) is 5.69 Å². The number of nitrogens with one attached hydrogen (secondary N) is 2. The van der Waals surface area contributed by atoms with Crippen LogP contribution in [0.5, 0.6) is 0 Å². The van der Waals surface area contributed by atoms with Gasteiger partial charge in [0, 0.05) is 24.0 Å². The lowest BCUT2D eigenvalue weighted by Crippen LogP contribution is -2.47. The van der Waals surface area contributed by atoms with E-state index < -0.39 is 0 Å². The Balaban J connectivity index is 1.28. The highest BCUT2D eigenvalue weighted by molar-refractivity contribution is 5.95. The first kappa shape index (κ1) is 22.6. The summed E-state index contributed by atoms with van der Waals surface area (Å²) in [5.74, 6) is 0.836. The molecule has 0 bridgehead atoms. The van der Waals surface area contributed by atoms with Crippen LogP contribution in [0.2, 0.25) is 0 Å². The largest absolute Gasteiger partial charge is 0.458 e. The number of aromatic amines is 1. The van der Waals surface area contributed by atoms with Gasteiger partial charge in [-0.3, -0.25) is 4.79 Å². The topological polar surface area (TPSA) is 102 Å². The van der Waals surface area contributed by atoms with E-state index in [9.17, 15) is 10.1 Å². The summed E-state index contributed by atoms with van der Waals surface area (Å²) >= 11 is 0. The van der Waals surface area contributed by atoms with Crippen molar-refractivity contribution in [1.82, 2.24) is 20.2 Å². The van der Waals surface area contributed by atoms with Crippen molar-refractivity contribution in [3.63, 3.8) is 0 Å². The number of rotatable bonds is 6. The summed E-state index contributed by atoms with van der Waals surface area (Å²) in [6.07, 6.45) is 3.78. The second-order valence-corrected chi connectivity index (χ2v) is 8.90. The van der Waals surface area contributed by atoms with Crippen molar-refractivity contribution in [2.24, 2.45) is 0 Å². The summed E-state index contributed by atoms with van der Waals surface area (Å²) in [5.41, 5.74) is 3.19. The van der Waals surface area contributed by atoms with E-state index in [-0.39, 0.29) is 18.0 Å². The summed E-state index contributed by atoms with van der Waals surface area (Å²) in [7, 11) is 0. The number of fused-ring (bicyclic) bond motifs is 2. The number of imidazole rings is 1. The predicted octanol–water partition coefficient (Wildman–Crippen LogP) is 5.29. The lowest BCUT2D eigenvalue weighted by atomic mass is 9.89. The molecule has 1 fully saturated rings. The summed E-state index contributed by atoms with van der Waals surface area (Å²) in [5, 5.41) is 14.0. The number of nitriles is 1. The molecule has 0 aliphatic heterocycles. The van der Waals surface area contributed by atoms with Gasteiger partial charge in [0.1, 0.15) is 23.0 Å². The molecule has 8 nitrogen and oxygen atoms in total. The number of nitrogens with zero attached hydrogens (tertiary/aromatic N) is 4. The van der Waals surface area contributed by atoms with Gasteiger partial charge in [-0.05, 0) is 56.9 Å². The van der Waals surface area contributed by atoms with Gasteiger partial charge in [-0.2, -0.15) is 5.26 Å². The van der Waals surface area contributed by atoms with Gasteiger partial charge in [0.15, 0.2) is 11.5 Å². The number of carbonyl (C=O) groups is 1. The molecule has 35 heavy (non-hydrogen) atoms. The van der Waals surface area contributed by atoms with Crippen molar-refractivity contribution >= 4 is 33.6 Å². The van der Waals surface area contributed by atoms with Crippen LogP contribution in [0.15, 0.2) is 46.9 Å². The Morgan fingerprint density at radius 1 is 1.34 bits per heavy atom. The van der Waals surface area contributed by atoms with Crippen molar-refractivity contribution in [3.05, 3.63) is 71.0 Å². The number of para-hydroxylation sites is 1. The maximum Gasteiger partial charge on any atom is 0.289 e. The van der Waals surface area contributed by atoms with E-state index in [1.165, 1.54) is 0 Å². The van der Waals surface area contributed by atoms with Crippen molar-refractivity contribution < 1.29 is 9.21 Å². The second-order valence-electron chi connectivity index (χ2n) is 8.90. The average Bonchev–Trinajstić information content (AvgIpc) is 3.48. The maximum atomic E-state index is 13.4. The first-order valence-corrected chi connectivity index (χ1v) is 11.9. The van der Waals surface area contributed by atoms with Gasteiger partial charge in [-0.15, -0.1) is 0 Å². The monoisotopic (exact) mass is 466 g/mol. The molecule has 0 radical (unpaired) electrons. The van der Waals surface area contributed by atoms with E-state index in [0.29, 0.717) is 47.0 Å². The molecule has 2 aromatic carbocycles. The highest BCUT2D eigenvalue weighted by Crippen LogP contribution is 2.28. The Labute approximate surface area is 203 Å². The van der Waals surface area contributed by atoms with E-state index >= 15 is 0 Å². The molecular formula is C27H26N6O2. The van der Waals surface area contributed by atoms with Gasteiger partial charge >= 0.3 is 0 Å². The Hall–Kier alpha value is -4.14. The first-order chi connectivity index (χ1) is 17.1. The van der Waals surface area contributed by atoms with Gasteiger partial charge in [0.05, 0.1) is 24.2 Å². The smallest absolute Gasteiger partial charge is 0.289 e. The molecule has 5 rings (SSSR count). The highest BCUT2D eigenvalue weighted by atomic mass is 16.3. The first-order valence-electron chi connectivity index (χ1n) is 11.9. The third-order valence-electron chi connectivity index (χ3n) is 6.82. The van der Waals surface area contributed by atoms with Gasteiger partial charge in [-0.25, -0.2) is 9.83 Å². The van der Waals surface area contributed by atoms with E-state index in [1.54, 1.807) is 18.2 Å². The molecular weight excluding hydrogens is 440 g/mol. The lowest BCUT2D eigenvalue weighted by molar-refractivity contribution is 0.0616. The van der Waals surface area contributed by atoms with E-state index in [1.807, 2.05) is 36.1 Å². The van der Waals surface area contributed by atoms with Gasteiger partial charge in [0.2, 0.25) is 0 Å². The van der Waals surface area contributed by atoms with Gasteiger partial charge in [-0.1, -0.05) is 18.2 Å². The van der Waals surface area contributed by atoms with Crippen LogP contribution < -0.4 is 5.32 Å². The van der Waals surface area contributed by atoms with Crippen LogP contribution >= 0.6 is 0 Å². The fourth-order valence-corrected chi connectivity index (χ4v) is 5.08. The van der Waals surface area contributed by atoms with Crippen molar-refractivity contribution in [3.8, 4) is 6.07 Å². The van der Waals surface area contributed by atoms with Crippen LogP contribution in [0.25, 0.3) is 26.8 Å². The molecule has 2 heterocycles. The fourth-order valence-electron chi connectivity index (χ4n) is 5.08. The highest BCUT2D eigenvalue weighted by Gasteiger charge is 2.31. The summed E-state index contributed by atoms with van der Waals surface area (Å²) in [6.45, 7) is 10.2. The third kappa shape index (κ3) is 4.37. The molecule has 1 saturated carbocycles. The SMILES string of the molecule is [C-]#[N+]c1ccc2nc(C(=O)N(CC)[C@H]3CCC[C@@H](NCc4oc5ccccc5c4C#N)C3)[nH]c2c1. The van der Waals surface area contributed by atoms with Gasteiger partial charge < -0.3 is 19.6 Å². The summed E-state index contributed by atoms with van der Waals surface area (Å²) in [6, 6.07) is 15.4. The Bertz CT molecular complexity index is 1470. The zero-order valence-corrected chi connectivity index (χ0v) is 19.5. The number of hydrogen-bond acceptors (Lipinski definition) is 5. The fraction of sp³-hybridized carbons (Fsp3) is 0.333. The number of carbonyl (C=O) groups excluding carboxylic acids is 1. The number of aromatic nitrogens is 2. The predicted molar refractivity (Wildman–Crippen MR) is 133 cm³/mol. The zero-order chi connectivity index (χ0) is 24.4. The molecule has 4 aromatic rings. The summed E-state index contributed by atoms with van der Waals surface area (Å²) in [4.78, 5) is 26.3. The van der Waals surface area contributed by atoms with E-state index in [2.05, 4.69) is 26.2 Å². The number of hydrogen-bond donors (Lipinski definition) is 2. The Morgan fingerprint density at radius 3 is 3.00 bits per heavy atom. The van der Waals surface area contributed by atoms with Crippen LogP contribution in [0, 0.1) is 17.9 Å². The minimum absolute atomic E-state index is 0.0943. The van der Waals surface area contributed by atoms with Crippen molar-refractivity contribution in [2.45, 2.75) is 51.2 Å². The molecule has 0 unspecified atom stereocenters.